The van der Waals surface area contributed by atoms with Crippen molar-refractivity contribution >= 4 is 11.8 Å². The molecule has 0 saturated carbocycles. The molecule has 1 unspecified atom stereocenters. The first-order chi connectivity index (χ1) is 6.90. The van der Waals surface area contributed by atoms with Crippen LogP contribution < -0.4 is 16.8 Å². The van der Waals surface area contributed by atoms with Crippen molar-refractivity contribution in [3.63, 3.8) is 0 Å². The van der Waals surface area contributed by atoms with Gasteiger partial charge in [-0.05, 0) is 5.92 Å². The van der Waals surface area contributed by atoms with Crippen molar-refractivity contribution in [3.05, 3.63) is 0 Å². The van der Waals surface area contributed by atoms with E-state index in [2.05, 4.69) is 5.32 Å². The van der Waals surface area contributed by atoms with Crippen LogP contribution in [0.5, 0.6) is 0 Å². The minimum atomic E-state index is -1.36. The smallest absolute Gasteiger partial charge is 0.248 e. The van der Waals surface area contributed by atoms with Gasteiger partial charge in [-0.25, -0.2) is 0 Å². The lowest BCUT2D eigenvalue weighted by atomic mass is 9.99. The molecule has 0 heterocycles. The van der Waals surface area contributed by atoms with E-state index < -0.39 is 18.1 Å². The fraction of sp³-hybridized carbons (Fsp3) is 0.778. The Morgan fingerprint density at radius 1 is 1.47 bits per heavy atom. The molecule has 6 N–H and O–H groups in total. The lowest BCUT2D eigenvalue weighted by molar-refractivity contribution is -0.127. The van der Waals surface area contributed by atoms with Crippen molar-refractivity contribution in [2.75, 3.05) is 6.54 Å². The maximum absolute atomic E-state index is 11.4. The Morgan fingerprint density at radius 3 is 2.40 bits per heavy atom. The summed E-state index contributed by atoms with van der Waals surface area (Å²) in [5, 5.41) is 11.4. The predicted octanol–water partition coefficient (Wildman–Crippen LogP) is -1.68. The molecule has 0 radical (unpaired) electrons. The molecule has 0 aromatic carbocycles. The Morgan fingerprint density at radius 2 is 2.00 bits per heavy atom. The van der Waals surface area contributed by atoms with E-state index in [1.54, 1.807) is 0 Å². The van der Waals surface area contributed by atoms with Gasteiger partial charge in [-0.2, -0.15) is 0 Å². The fourth-order valence-electron chi connectivity index (χ4n) is 0.928. The van der Waals surface area contributed by atoms with Crippen molar-refractivity contribution < 1.29 is 14.7 Å². The molecule has 6 nitrogen and oxygen atoms in total. The standard InChI is InChI=1S/C9H19N3O3/c1-3-5(2)7(10)9(15)12-4-6(13)8(11)14/h5-7,13H,3-4,10H2,1-2H3,(H2,11,14)(H,12,15)/t5-,6?,7-/m0/s1. The lowest BCUT2D eigenvalue weighted by Gasteiger charge is -2.18. The quantitative estimate of drug-likeness (QED) is 0.425. The second-order valence-corrected chi connectivity index (χ2v) is 3.57. The van der Waals surface area contributed by atoms with Gasteiger partial charge in [0, 0.05) is 0 Å². The van der Waals surface area contributed by atoms with Crippen LogP contribution in [0.25, 0.3) is 0 Å². The molecule has 3 atom stereocenters. The summed E-state index contributed by atoms with van der Waals surface area (Å²) in [6.45, 7) is 3.59. The van der Waals surface area contributed by atoms with E-state index in [0.717, 1.165) is 6.42 Å². The maximum Gasteiger partial charge on any atom is 0.248 e. The molecule has 0 aromatic rings. The second kappa shape index (κ2) is 6.36. The molecule has 0 aliphatic carbocycles. The Kier molecular flexibility index (Phi) is 5.88. The first-order valence-corrected chi connectivity index (χ1v) is 4.90. The zero-order chi connectivity index (χ0) is 12.0. The van der Waals surface area contributed by atoms with E-state index >= 15 is 0 Å². The molecule has 2 amide bonds. The summed E-state index contributed by atoms with van der Waals surface area (Å²) in [7, 11) is 0. The number of primary amides is 1. The zero-order valence-corrected chi connectivity index (χ0v) is 9.06. The molecule has 0 aliphatic rings. The van der Waals surface area contributed by atoms with E-state index in [9.17, 15) is 9.59 Å². The van der Waals surface area contributed by atoms with Crippen molar-refractivity contribution in [1.29, 1.82) is 0 Å². The summed E-state index contributed by atoms with van der Waals surface area (Å²) >= 11 is 0. The van der Waals surface area contributed by atoms with Gasteiger partial charge in [0.15, 0.2) is 0 Å². The molecule has 0 aliphatic heterocycles. The summed E-state index contributed by atoms with van der Waals surface area (Å²) in [5.74, 6) is -1.20. The molecule has 0 saturated heterocycles. The van der Waals surface area contributed by atoms with Crippen molar-refractivity contribution in [1.82, 2.24) is 5.32 Å². The Labute approximate surface area is 89.0 Å². The molecule has 0 aromatic heterocycles. The van der Waals surface area contributed by atoms with E-state index in [-0.39, 0.29) is 18.4 Å². The molecule has 88 valence electrons. The molecule has 0 spiro atoms. The first-order valence-electron chi connectivity index (χ1n) is 4.90. The van der Waals surface area contributed by atoms with Crippen LogP contribution >= 0.6 is 0 Å². The summed E-state index contributed by atoms with van der Waals surface area (Å²) in [6, 6.07) is -0.630. The Bertz CT molecular complexity index is 233. The molecule has 0 fully saturated rings. The van der Waals surface area contributed by atoms with Gasteiger partial charge >= 0.3 is 0 Å². The highest BCUT2D eigenvalue weighted by molar-refractivity contribution is 5.83. The summed E-state index contributed by atoms with van der Waals surface area (Å²) in [6.07, 6.45) is -0.578. The summed E-state index contributed by atoms with van der Waals surface area (Å²) in [5.41, 5.74) is 10.4. The molecular weight excluding hydrogens is 198 g/mol. The van der Waals surface area contributed by atoms with E-state index in [1.807, 2.05) is 13.8 Å². The van der Waals surface area contributed by atoms with Gasteiger partial charge in [0.2, 0.25) is 11.8 Å². The first kappa shape index (κ1) is 13.9. The van der Waals surface area contributed by atoms with Crippen LogP contribution in [-0.4, -0.2) is 35.6 Å². The number of aliphatic hydroxyl groups is 1. The SMILES string of the molecule is CC[C@H](C)[C@H](N)C(=O)NCC(O)C(N)=O. The molecular formula is C9H19N3O3. The Hall–Kier alpha value is -1.14. The molecule has 0 bridgehead atoms. The van der Waals surface area contributed by atoms with Crippen LogP contribution in [-0.2, 0) is 9.59 Å². The average Bonchev–Trinajstić information content (AvgIpc) is 2.22. The second-order valence-electron chi connectivity index (χ2n) is 3.57. The van der Waals surface area contributed by atoms with Gasteiger partial charge in [-0.15, -0.1) is 0 Å². The number of carbonyl (C=O) groups is 2. The number of hydrogen-bond acceptors (Lipinski definition) is 4. The predicted molar refractivity (Wildman–Crippen MR) is 55.6 cm³/mol. The fourth-order valence-corrected chi connectivity index (χ4v) is 0.928. The highest BCUT2D eigenvalue weighted by atomic mass is 16.3. The monoisotopic (exact) mass is 217 g/mol. The Balaban J connectivity index is 3.98. The van der Waals surface area contributed by atoms with E-state index in [4.69, 9.17) is 16.6 Å². The van der Waals surface area contributed by atoms with Crippen molar-refractivity contribution in [2.45, 2.75) is 32.4 Å². The summed E-state index contributed by atoms with van der Waals surface area (Å²) < 4.78 is 0. The molecule has 15 heavy (non-hydrogen) atoms. The third-order valence-electron chi connectivity index (χ3n) is 2.36. The minimum Gasteiger partial charge on any atom is -0.381 e. The molecule has 0 rings (SSSR count). The lowest BCUT2D eigenvalue weighted by Crippen LogP contribution is -2.48. The normalized spacial score (nSPS) is 16.5. The third-order valence-corrected chi connectivity index (χ3v) is 2.36. The number of carbonyl (C=O) groups excluding carboxylic acids is 2. The number of nitrogens with two attached hydrogens (primary N) is 2. The molecule has 6 heteroatoms. The number of rotatable bonds is 6. The van der Waals surface area contributed by atoms with Crippen LogP contribution in [0.15, 0.2) is 0 Å². The highest BCUT2D eigenvalue weighted by Gasteiger charge is 2.20. The minimum absolute atomic E-state index is 0.0516. The van der Waals surface area contributed by atoms with Crippen LogP contribution in [0.4, 0.5) is 0 Å². The third kappa shape index (κ3) is 4.75. The largest absolute Gasteiger partial charge is 0.381 e. The zero-order valence-electron chi connectivity index (χ0n) is 9.06. The summed E-state index contributed by atoms with van der Waals surface area (Å²) in [4.78, 5) is 21.8. The van der Waals surface area contributed by atoms with Crippen LogP contribution in [0.3, 0.4) is 0 Å². The van der Waals surface area contributed by atoms with Crippen LogP contribution in [0, 0.1) is 5.92 Å². The van der Waals surface area contributed by atoms with Crippen LogP contribution in [0.1, 0.15) is 20.3 Å². The number of hydrogen-bond donors (Lipinski definition) is 4. The van der Waals surface area contributed by atoms with E-state index in [1.165, 1.54) is 0 Å². The van der Waals surface area contributed by atoms with Gasteiger partial charge in [-0.1, -0.05) is 20.3 Å². The van der Waals surface area contributed by atoms with Crippen LogP contribution in [0.2, 0.25) is 0 Å². The topological polar surface area (TPSA) is 118 Å². The van der Waals surface area contributed by atoms with E-state index in [0.29, 0.717) is 0 Å². The van der Waals surface area contributed by atoms with Gasteiger partial charge in [0.1, 0.15) is 6.10 Å². The van der Waals surface area contributed by atoms with Gasteiger partial charge < -0.3 is 21.9 Å². The van der Waals surface area contributed by atoms with Gasteiger partial charge in [0.05, 0.1) is 12.6 Å². The van der Waals surface area contributed by atoms with Gasteiger partial charge in [-0.3, -0.25) is 9.59 Å². The number of aliphatic hydroxyl groups excluding tert-OH is 1. The average molecular weight is 217 g/mol. The highest BCUT2D eigenvalue weighted by Crippen LogP contribution is 2.04. The van der Waals surface area contributed by atoms with Crippen molar-refractivity contribution in [2.24, 2.45) is 17.4 Å². The maximum atomic E-state index is 11.4. The van der Waals surface area contributed by atoms with Gasteiger partial charge in [0.25, 0.3) is 0 Å². The number of amides is 2. The van der Waals surface area contributed by atoms with Crippen molar-refractivity contribution in [3.8, 4) is 0 Å². The number of nitrogens with one attached hydrogen (secondary N) is 1.